The lowest BCUT2D eigenvalue weighted by Crippen LogP contribution is -2.40. The molecule has 2 N–H and O–H groups in total. The second kappa shape index (κ2) is 7.90. The van der Waals surface area contributed by atoms with E-state index in [2.05, 4.69) is 36.3 Å². The van der Waals surface area contributed by atoms with E-state index in [0.29, 0.717) is 10.8 Å². The lowest BCUT2D eigenvalue weighted by Gasteiger charge is -2.31. The predicted octanol–water partition coefficient (Wildman–Crippen LogP) is 3.22. The van der Waals surface area contributed by atoms with Crippen LogP contribution in [0.1, 0.15) is 58.7 Å². The minimum Gasteiger partial charge on any atom is -0.352 e. The molecule has 124 valence electrons. The average Bonchev–Trinajstić information content (AvgIpc) is 2.81. The van der Waals surface area contributed by atoms with Gasteiger partial charge in [0.25, 0.3) is 0 Å². The van der Waals surface area contributed by atoms with E-state index in [1.54, 1.807) is 0 Å². The predicted molar refractivity (Wildman–Crippen MR) is 90.1 cm³/mol. The lowest BCUT2D eigenvalue weighted by molar-refractivity contribution is -0.122. The Balaban J connectivity index is 1.86. The average molecular weight is 324 g/mol. The molecule has 0 unspecified atom stereocenters. The van der Waals surface area contributed by atoms with Crippen molar-refractivity contribution in [3.05, 3.63) is 10.6 Å². The number of nitrogens with zero attached hydrogens (tertiary/aromatic N) is 2. The second-order valence-electron chi connectivity index (χ2n) is 6.70. The number of aromatic nitrogens is 3. The first kappa shape index (κ1) is 17.2. The number of amides is 1. The molecule has 1 aromatic heterocycles. The van der Waals surface area contributed by atoms with Gasteiger partial charge in [0.1, 0.15) is 12.4 Å². The number of nitrogens with one attached hydrogen (secondary N) is 2. The van der Waals surface area contributed by atoms with Gasteiger partial charge in [0.15, 0.2) is 4.77 Å². The van der Waals surface area contributed by atoms with Gasteiger partial charge in [0, 0.05) is 12.5 Å². The topological polar surface area (TPSA) is 62.7 Å². The Bertz CT molecular complexity index is 541. The first-order valence-corrected chi connectivity index (χ1v) is 8.85. The highest BCUT2D eigenvalue weighted by molar-refractivity contribution is 7.71. The fraction of sp³-hybridized carbons (Fsp3) is 0.812. The number of aryl methyl sites for hydroxylation is 1. The zero-order chi connectivity index (χ0) is 16.1. The van der Waals surface area contributed by atoms with Crippen LogP contribution in [0.25, 0.3) is 0 Å². The Hall–Kier alpha value is -1.17. The number of carbonyl (C=O) groups excluding carboxylic acids is 1. The van der Waals surface area contributed by atoms with Crippen LogP contribution in [0.2, 0.25) is 0 Å². The highest BCUT2D eigenvalue weighted by Crippen LogP contribution is 2.29. The Morgan fingerprint density at radius 1 is 1.41 bits per heavy atom. The van der Waals surface area contributed by atoms with E-state index in [1.165, 1.54) is 12.8 Å². The SMILES string of the molecule is CCCc1n[nH]c(=S)n1CC(=O)NC1CCC(C(C)C)CC1. The van der Waals surface area contributed by atoms with Gasteiger partial charge in [-0.3, -0.25) is 14.5 Å². The van der Waals surface area contributed by atoms with Crippen LogP contribution in [-0.4, -0.2) is 26.7 Å². The van der Waals surface area contributed by atoms with Crippen molar-refractivity contribution in [2.24, 2.45) is 11.8 Å². The molecule has 2 rings (SSSR count). The van der Waals surface area contributed by atoms with Crippen LogP contribution in [0.4, 0.5) is 0 Å². The van der Waals surface area contributed by atoms with Gasteiger partial charge >= 0.3 is 0 Å². The minimum absolute atomic E-state index is 0.0443. The van der Waals surface area contributed by atoms with Gasteiger partial charge < -0.3 is 5.32 Å². The van der Waals surface area contributed by atoms with E-state index in [1.807, 2.05) is 4.57 Å². The van der Waals surface area contributed by atoms with Crippen molar-refractivity contribution >= 4 is 18.1 Å². The van der Waals surface area contributed by atoms with Crippen molar-refractivity contribution in [3.8, 4) is 0 Å². The van der Waals surface area contributed by atoms with Gasteiger partial charge in [-0.1, -0.05) is 20.8 Å². The molecule has 22 heavy (non-hydrogen) atoms. The summed E-state index contributed by atoms with van der Waals surface area (Å²) in [5.74, 6) is 2.47. The first-order valence-electron chi connectivity index (χ1n) is 8.44. The van der Waals surface area contributed by atoms with E-state index in [0.717, 1.165) is 43.3 Å². The molecule has 0 bridgehead atoms. The Kier molecular flexibility index (Phi) is 6.17. The maximum absolute atomic E-state index is 12.3. The summed E-state index contributed by atoms with van der Waals surface area (Å²) >= 11 is 5.22. The number of rotatable bonds is 6. The Morgan fingerprint density at radius 2 is 2.09 bits per heavy atom. The summed E-state index contributed by atoms with van der Waals surface area (Å²) in [6, 6.07) is 0.318. The van der Waals surface area contributed by atoms with Crippen molar-refractivity contribution in [1.29, 1.82) is 0 Å². The molecule has 0 spiro atoms. The second-order valence-corrected chi connectivity index (χ2v) is 7.09. The number of carbonyl (C=O) groups is 1. The van der Waals surface area contributed by atoms with Crippen molar-refractivity contribution in [2.45, 2.75) is 71.9 Å². The fourth-order valence-electron chi connectivity index (χ4n) is 3.27. The summed E-state index contributed by atoms with van der Waals surface area (Å²) < 4.78 is 2.34. The normalized spacial score (nSPS) is 22.0. The van der Waals surface area contributed by atoms with Crippen molar-refractivity contribution in [3.63, 3.8) is 0 Å². The molecule has 1 aliphatic carbocycles. The molecule has 0 aromatic carbocycles. The summed E-state index contributed by atoms with van der Waals surface area (Å²) in [5, 5.41) is 10.2. The molecule has 1 aliphatic rings. The molecular weight excluding hydrogens is 296 g/mol. The molecule has 0 radical (unpaired) electrons. The van der Waals surface area contributed by atoms with Crippen LogP contribution >= 0.6 is 12.2 Å². The maximum Gasteiger partial charge on any atom is 0.240 e. The third-order valence-electron chi connectivity index (χ3n) is 4.69. The van der Waals surface area contributed by atoms with E-state index < -0.39 is 0 Å². The molecule has 1 heterocycles. The smallest absolute Gasteiger partial charge is 0.240 e. The van der Waals surface area contributed by atoms with Crippen LogP contribution in [0.15, 0.2) is 0 Å². The summed E-state index contributed by atoms with van der Waals surface area (Å²) in [5.41, 5.74) is 0. The molecule has 1 aromatic rings. The number of hydrogen-bond acceptors (Lipinski definition) is 3. The summed E-state index contributed by atoms with van der Waals surface area (Å²) in [6.07, 6.45) is 6.43. The Morgan fingerprint density at radius 3 is 2.68 bits per heavy atom. The summed E-state index contributed by atoms with van der Waals surface area (Å²) in [6.45, 7) is 6.95. The van der Waals surface area contributed by atoms with Crippen molar-refractivity contribution < 1.29 is 4.79 Å². The van der Waals surface area contributed by atoms with E-state index in [4.69, 9.17) is 12.2 Å². The molecule has 0 aliphatic heterocycles. The van der Waals surface area contributed by atoms with E-state index in [9.17, 15) is 4.79 Å². The highest BCUT2D eigenvalue weighted by Gasteiger charge is 2.24. The van der Waals surface area contributed by atoms with Gasteiger partial charge in [0.2, 0.25) is 5.91 Å². The van der Waals surface area contributed by atoms with Gasteiger partial charge in [-0.05, 0) is 56.2 Å². The third-order valence-corrected chi connectivity index (χ3v) is 5.00. The van der Waals surface area contributed by atoms with Gasteiger partial charge in [0.05, 0.1) is 0 Å². The number of hydrogen-bond donors (Lipinski definition) is 2. The third kappa shape index (κ3) is 4.41. The standard InChI is InChI=1S/C16H28N4OS/c1-4-5-14-18-19-16(22)20(14)10-15(21)17-13-8-6-12(7-9-13)11(2)3/h11-13H,4-10H2,1-3H3,(H,17,21)(H,19,22). The zero-order valence-corrected chi connectivity index (χ0v) is 14.7. The van der Waals surface area contributed by atoms with Crippen LogP contribution in [0, 0.1) is 16.6 Å². The summed E-state index contributed by atoms with van der Waals surface area (Å²) in [7, 11) is 0. The van der Waals surface area contributed by atoms with Gasteiger partial charge in [-0.15, -0.1) is 0 Å². The molecule has 5 nitrogen and oxygen atoms in total. The molecule has 6 heteroatoms. The van der Waals surface area contributed by atoms with Gasteiger partial charge in [-0.2, -0.15) is 5.10 Å². The number of H-pyrrole nitrogens is 1. The van der Waals surface area contributed by atoms with Crippen molar-refractivity contribution in [2.75, 3.05) is 0 Å². The monoisotopic (exact) mass is 324 g/mol. The highest BCUT2D eigenvalue weighted by atomic mass is 32.1. The fourth-order valence-corrected chi connectivity index (χ4v) is 3.49. The van der Waals surface area contributed by atoms with Crippen LogP contribution in [0.5, 0.6) is 0 Å². The summed E-state index contributed by atoms with van der Waals surface area (Å²) in [4.78, 5) is 12.3. The minimum atomic E-state index is 0.0443. The zero-order valence-electron chi connectivity index (χ0n) is 13.9. The quantitative estimate of drug-likeness (QED) is 0.790. The van der Waals surface area contributed by atoms with Crippen LogP contribution in [-0.2, 0) is 17.8 Å². The molecule has 1 amide bonds. The largest absolute Gasteiger partial charge is 0.352 e. The van der Waals surface area contributed by atoms with E-state index >= 15 is 0 Å². The molecule has 1 saturated carbocycles. The first-order chi connectivity index (χ1) is 10.5. The van der Waals surface area contributed by atoms with Crippen LogP contribution < -0.4 is 5.32 Å². The molecule has 1 fully saturated rings. The lowest BCUT2D eigenvalue weighted by atomic mass is 9.80. The maximum atomic E-state index is 12.3. The van der Waals surface area contributed by atoms with Crippen LogP contribution in [0.3, 0.4) is 0 Å². The van der Waals surface area contributed by atoms with E-state index in [-0.39, 0.29) is 12.5 Å². The Labute approximate surface area is 137 Å². The number of aromatic amines is 1. The van der Waals surface area contributed by atoms with Crippen molar-refractivity contribution in [1.82, 2.24) is 20.1 Å². The molecule has 0 atom stereocenters. The molecular formula is C16H28N4OS. The molecule has 0 saturated heterocycles. The van der Waals surface area contributed by atoms with Gasteiger partial charge in [-0.25, -0.2) is 0 Å².